The largest absolute Gasteiger partial charge is 0.496 e. The van der Waals surface area contributed by atoms with Crippen LogP contribution < -0.4 is 9.46 Å². The van der Waals surface area contributed by atoms with E-state index in [9.17, 15) is 18.0 Å². The van der Waals surface area contributed by atoms with Crippen LogP contribution in [0.4, 0.5) is 0 Å². The maximum atomic E-state index is 13.0. The fourth-order valence-electron chi connectivity index (χ4n) is 6.04. The van der Waals surface area contributed by atoms with Crippen LogP contribution >= 0.6 is 0 Å². The second kappa shape index (κ2) is 12.6. The predicted molar refractivity (Wildman–Crippen MR) is 168 cm³/mol. The van der Waals surface area contributed by atoms with Crippen molar-refractivity contribution in [3.8, 4) is 5.75 Å². The van der Waals surface area contributed by atoms with E-state index in [2.05, 4.69) is 40.6 Å². The molecule has 5 rings (SSSR count). The average Bonchev–Trinajstić information content (AvgIpc) is 3.31. The number of rotatable bonds is 10. The van der Waals surface area contributed by atoms with Crippen LogP contribution in [0.5, 0.6) is 5.75 Å². The van der Waals surface area contributed by atoms with E-state index >= 15 is 0 Å². The Hall–Kier alpha value is -4.11. The average molecular weight is 602 g/mol. The number of carbonyl (C=O) groups excluding carboxylic acids is 2. The second-order valence-corrected chi connectivity index (χ2v) is 13.1. The SMILES string of the molecule is CCCn1cc(Cc2ccc(C(=O)NS(=O)(=O)c3ccccc3C)cc2OC)c2cc(CC3CCCN(C)C3=O)ccc21. The zero-order chi connectivity index (χ0) is 30.7. The molecule has 3 aromatic carbocycles. The van der Waals surface area contributed by atoms with Crippen molar-refractivity contribution in [2.24, 2.45) is 5.92 Å². The van der Waals surface area contributed by atoms with Crippen molar-refractivity contribution in [1.82, 2.24) is 14.2 Å². The fourth-order valence-corrected chi connectivity index (χ4v) is 7.26. The molecule has 2 amide bonds. The summed E-state index contributed by atoms with van der Waals surface area (Å²) in [6.45, 7) is 5.54. The van der Waals surface area contributed by atoms with Crippen LogP contribution in [0.15, 0.2) is 71.8 Å². The number of fused-ring (bicyclic) bond motifs is 1. The minimum atomic E-state index is -4.03. The van der Waals surface area contributed by atoms with Crippen LogP contribution in [0.3, 0.4) is 0 Å². The zero-order valence-corrected chi connectivity index (χ0v) is 26.0. The summed E-state index contributed by atoms with van der Waals surface area (Å²) in [6, 6.07) is 18.1. The molecular weight excluding hydrogens is 562 g/mol. The van der Waals surface area contributed by atoms with Crippen molar-refractivity contribution in [3.63, 3.8) is 0 Å². The van der Waals surface area contributed by atoms with Crippen LogP contribution in [0.2, 0.25) is 0 Å². The van der Waals surface area contributed by atoms with Gasteiger partial charge in [0.2, 0.25) is 5.91 Å². The van der Waals surface area contributed by atoms with Gasteiger partial charge in [0.15, 0.2) is 0 Å². The Kier molecular flexibility index (Phi) is 8.92. The van der Waals surface area contributed by atoms with Gasteiger partial charge in [0.25, 0.3) is 15.9 Å². The molecule has 4 aromatic rings. The molecule has 1 atom stereocenters. The van der Waals surface area contributed by atoms with E-state index in [1.807, 2.05) is 18.0 Å². The number of sulfonamides is 1. The quantitative estimate of drug-likeness (QED) is 0.259. The number of likely N-dealkylation sites (tertiary alicyclic amines) is 1. The van der Waals surface area contributed by atoms with Gasteiger partial charge in [-0.15, -0.1) is 0 Å². The minimum Gasteiger partial charge on any atom is -0.496 e. The Morgan fingerprint density at radius 2 is 1.86 bits per heavy atom. The molecule has 8 nitrogen and oxygen atoms in total. The maximum absolute atomic E-state index is 13.0. The Balaban J connectivity index is 1.42. The van der Waals surface area contributed by atoms with E-state index in [-0.39, 0.29) is 22.3 Å². The van der Waals surface area contributed by atoms with Gasteiger partial charge in [-0.05, 0) is 85.2 Å². The molecule has 1 fully saturated rings. The molecule has 43 heavy (non-hydrogen) atoms. The zero-order valence-electron chi connectivity index (χ0n) is 25.2. The van der Waals surface area contributed by atoms with Crippen LogP contribution in [0.1, 0.15) is 58.8 Å². The second-order valence-electron chi connectivity index (χ2n) is 11.4. The van der Waals surface area contributed by atoms with Crippen molar-refractivity contribution >= 4 is 32.7 Å². The smallest absolute Gasteiger partial charge is 0.265 e. The van der Waals surface area contributed by atoms with Crippen molar-refractivity contribution in [3.05, 3.63) is 94.7 Å². The Labute approximate surface area is 253 Å². The van der Waals surface area contributed by atoms with Gasteiger partial charge in [0.1, 0.15) is 5.75 Å². The van der Waals surface area contributed by atoms with Gasteiger partial charge in [-0.1, -0.05) is 37.3 Å². The highest BCUT2D eigenvalue weighted by atomic mass is 32.2. The minimum absolute atomic E-state index is 0.00535. The van der Waals surface area contributed by atoms with Crippen LogP contribution in [0, 0.1) is 12.8 Å². The third-order valence-corrected chi connectivity index (χ3v) is 9.78. The van der Waals surface area contributed by atoms with Gasteiger partial charge >= 0.3 is 0 Å². The summed E-state index contributed by atoms with van der Waals surface area (Å²) >= 11 is 0. The molecule has 1 N–H and O–H groups in total. The van der Waals surface area contributed by atoms with Crippen LogP contribution in [-0.4, -0.2) is 50.4 Å². The number of carbonyl (C=O) groups is 2. The molecule has 1 saturated heterocycles. The molecule has 1 aliphatic rings. The lowest BCUT2D eigenvalue weighted by Crippen LogP contribution is -2.39. The molecule has 1 aliphatic heterocycles. The number of hydrogen-bond donors (Lipinski definition) is 1. The first-order valence-corrected chi connectivity index (χ1v) is 16.2. The predicted octanol–water partition coefficient (Wildman–Crippen LogP) is 5.49. The van der Waals surface area contributed by atoms with E-state index < -0.39 is 15.9 Å². The summed E-state index contributed by atoms with van der Waals surface area (Å²) in [5.74, 6) is 0.00555. The summed E-state index contributed by atoms with van der Waals surface area (Å²) in [5.41, 5.74) is 5.03. The van der Waals surface area contributed by atoms with Crippen molar-refractivity contribution in [1.29, 1.82) is 0 Å². The number of piperidine rings is 1. The standard InChI is InChI=1S/C34H39N3O5S/c1-5-16-37-22-28(29-19-24(12-15-30(29)37)18-27-10-8-17-36(3)34(27)39)20-25-13-14-26(21-31(25)42-4)33(38)35-43(40,41)32-11-7-6-9-23(32)2/h6-7,9,11-15,19,21-22,27H,5,8,10,16-18,20H2,1-4H3,(H,35,38). The first-order valence-electron chi connectivity index (χ1n) is 14.8. The van der Waals surface area contributed by atoms with E-state index in [0.717, 1.165) is 66.4 Å². The normalized spacial score (nSPS) is 15.6. The van der Waals surface area contributed by atoms with Gasteiger partial charge in [-0.25, -0.2) is 13.1 Å². The molecule has 0 radical (unpaired) electrons. The van der Waals surface area contributed by atoms with Crippen LogP contribution in [0.25, 0.3) is 10.9 Å². The molecule has 0 aliphatic carbocycles. The number of aryl methyl sites for hydroxylation is 2. The summed E-state index contributed by atoms with van der Waals surface area (Å²) in [4.78, 5) is 27.6. The number of ether oxygens (including phenoxy) is 1. The van der Waals surface area contributed by atoms with E-state index in [0.29, 0.717) is 17.7 Å². The molecule has 0 saturated carbocycles. The van der Waals surface area contributed by atoms with Crippen molar-refractivity contribution in [2.75, 3.05) is 20.7 Å². The lowest BCUT2D eigenvalue weighted by atomic mass is 9.90. The number of nitrogens with one attached hydrogen (secondary N) is 1. The van der Waals surface area contributed by atoms with E-state index in [4.69, 9.17) is 4.74 Å². The fraction of sp³-hybridized carbons (Fsp3) is 0.353. The summed E-state index contributed by atoms with van der Waals surface area (Å²) in [5, 5.41) is 1.13. The monoisotopic (exact) mass is 601 g/mol. The number of amides is 2. The molecule has 226 valence electrons. The molecule has 9 heteroatoms. The first kappa shape index (κ1) is 30.4. The lowest BCUT2D eigenvalue weighted by Gasteiger charge is -2.29. The molecular formula is C34H39N3O5S. The highest BCUT2D eigenvalue weighted by Gasteiger charge is 2.27. The molecule has 1 aromatic heterocycles. The Morgan fingerprint density at radius 3 is 2.60 bits per heavy atom. The summed E-state index contributed by atoms with van der Waals surface area (Å²) in [6.07, 6.45) is 6.39. The number of aromatic nitrogens is 1. The molecule has 0 bridgehead atoms. The third-order valence-electron chi connectivity index (χ3n) is 8.29. The Bertz CT molecular complexity index is 1780. The van der Waals surface area contributed by atoms with Gasteiger partial charge < -0.3 is 14.2 Å². The topological polar surface area (TPSA) is 97.7 Å². The highest BCUT2D eigenvalue weighted by molar-refractivity contribution is 7.90. The number of nitrogens with zero attached hydrogens (tertiary/aromatic N) is 2. The molecule has 1 unspecified atom stereocenters. The van der Waals surface area contributed by atoms with Crippen molar-refractivity contribution < 1.29 is 22.7 Å². The van der Waals surface area contributed by atoms with Gasteiger partial charge in [0.05, 0.1) is 12.0 Å². The first-order chi connectivity index (χ1) is 20.6. The summed E-state index contributed by atoms with van der Waals surface area (Å²) in [7, 11) is -0.608. The van der Waals surface area contributed by atoms with Crippen LogP contribution in [-0.2, 0) is 34.2 Å². The molecule has 0 spiro atoms. The van der Waals surface area contributed by atoms with E-state index in [1.54, 1.807) is 44.4 Å². The van der Waals surface area contributed by atoms with Gasteiger partial charge in [0, 0.05) is 55.1 Å². The maximum Gasteiger partial charge on any atom is 0.265 e. The Morgan fingerprint density at radius 1 is 1.07 bits per heavy atom. The number of hydrogen-bond acceptors (Lipinski definition) is 5. The van der Waals surface area contributed by atoms with Gasteiger partial charge in [-0.2, -0.15) is 0 Å². The number of methoxy groups -OCH3 is 1. The lowest BCUT2D eigenvalue weighted by molar-refractivity contribution is -0.136. The van der Waals surface area contributed by atoms with Gasteiger partial charge in [-0.3, -0.25) is 9.59 Å². The summed E-state index contributed by atoms with van der Waals surface area (Å²) < 4.78 is 35.9. The highest BCUT2D eigenvalue weighted by Crippen LogP contribution is 2.31. The van der Waals surface area contributed by atoms with E-state index in [1.165, 1.54) is 6.07 Å². The molecule has 2 heterocycles. The van der Waals surface area contributed by atoms with Crippen molar-refractivity contribution in [2.45, 2.75) is 57.4 Å². The third kappa shape index (κ3) is 6.46. The number of benzene rings is 3.